The smallest absolute Gasteiger partial charge is 0.242 e. The van der Waals surface area contributed by atoms with Crippen LogP contribution in [0.25, 0.3) is 0 Å². The molecule has 0 heterocycles. The van der Waals surface area contributed by atoms with Crippen LogP contribution in [-0.2, 0) is 9.59 Å². The number of nitrogens with one attached hydrogen (secondary N) is 2. The lowest BCUT2D eigenvalue weighted by atomic mass is 10.1. The molecule has 116 valence electrons. The highest BCUT2D eigenvalue weighted by Gasteiger charge is 2.23. The Morgan fingerprint density at radius 1 is 1.19 bits per heavy atom. The van der Waals surface area contributed by atoms with Crippen LogP contribution in [0.1, 0.15) is 25.5 Å². The summed E-state index contributed by atoms with van der Waals surface area (Å²) < 4.78 is 13.0. The van der Waals surface area contributed by atoms with Crippen LogP contribution in [0, 0.1) is 5.82 Å². The fourth-order valence-corrected chi connectivity index (χ4v) is 1.97. The molecule has 2 amide bonds. The van der Waals surface area contributed by atoms with E-state index in [1.165, 1.54) is 12.1 Å². The number of amides is 2. The molecule has 5 nitrogen and oxygen atoms in total. The summed E-state index contributed by atoms with van der Waals surface area (Å²) >= 11 is 0. The molecule has 2 N–H and O–H groups in total. The largest absolute Gasteiger partial charge is 0.352 e. The number of carbonyl (C=O) groups is 2. The predicted octanol–water partition coefficient (Wildman–Crippen LogP) is 1.07. The standard InChI is InChI=1S/C15H22FN3O2/c1-10(2)18-13(20)9-17-15(21)14(19(3)4)11-5-7-12(16)8-6-11/h5-8,10,14H,9H2,1-4H3,(H,17,21)(H,18,20)/t14-/m1/s1. The van der Waals surface area contributed by atoms with Crippen LogP contribution in [0.2, 0.25) is 0 Å². The molecular weight excluding hydrogens is 273 g/mol. The molecule has 1 rings (SSSR count). The van der Waals surface area contributed by atoms with Crippen LogP contribution in [-0.4, -0.2) is 43.4 Å². The van der Waals surface area contributed by atoms with E-state index in [9.17, 15) is 14.0 Å². The molecule has 0 aliphatic rings. The monoisotopic (exact) mass is 295 g/mol. The molecule has 0 saturated heterocycles. The molecule has 1 atom stereocenters. The van der Waals surface area contributed by atoms with E-state index in [0.29, 0.717) is 5.56 Å². The van der Waals surface area contributed by atoms with Gasteiger partial charge in [-0.1, -0.05) is 12.1 Å². The first kappa shape index (κ1) is 17.1. The topological polar surface area (TPSA) is 61.4 Å². The third-order valence-corrected chi connectivity index (χ3v) is 2.82. The first-order chi connectivity index (χ1) is 9.81. The lowest BCUT2D eigenvalue weighted by Gasteiger charge is -2.23. The van der Waals surface area contributed by atoms with Crippen LogP contribution in [0.5, 0.6) is 0 Å². The highest BCUT2D eigenvalue weighted by Crippen LogP contribution is 2.18. The number of hydrogen-bond acceptors (Lipinski definition) is 3. The zero-order valence-electron chi connectivity index (χ0n) is 12.8. The Morgan fingerprint density at radius 2 is 1.76 bits per heavy atom. The number of carbonyl (C=O) groups excluding carboxylic acids is 2. The molecule has 0 bridgehead atoms. The zero-order chi connectivity index (χ0) is 16.0. The summed E-state index contributed by atoms with van der Waals surface area (Å²) in [5.41, 5.74) is 0.670. The maximum Gasteiger partial charge on any atom is 0.242 e. The van der Waals surface area contributed by atoms with Gasteiger partial charge in [0.15, 0.2) is 0 Å². The number of halogens is 1. The third-order valence-electron chi connectivity index (χ3n) is 2.82. The van der Waals surface area contributed by atoms with E-state index in [4.69, 9.17) is 0 Å². The SMILES string of the molecule is CC(C)NC(=O)CNC(=O)[C@@H](c1ccc(F)cc1)N(C)C. The minimum absolute atomic E-state index is 0.0242. The normalized spacial score (nSPS) is 12.3. The minimum Gasteiger partial charge on any atom is -0.352 e. The van der Waals surface area contributed by atoms with E-state index >= 15 is 0 Å². The summed E-state index contributed by atoms with van der Waals surface area (Å²) in [5, 5.41) is 5.29. The molecule has 0 spiro atoms. The minimum atomic E-state index is -0.572. The summed E-state index contributed by atoms with van der Waals surface area (Å²) in [5.74, 6) is -0.895. The Labute approximate surface area is 124 Å². The van der Waals surface area contributed by atoms with Crippen LogP contribution in [0.15, 0.2) is 24.3 Å². The van der Waals surface area contributed by atoms with Crippen LogP contribution in [0.4, 0.5) is 4.39 Å². The zero-order valence-corrected chi connectivity index (χ0v) is 12.8. The number of rotatable bonds is 6. The fraction of sp³-hybridized carbons (Fsp3) is 0.467. The second-order valence-electron chi connectivity index (χ2n) is 5.36. The first-order valence-corrected chi connectivity index (χ1v) is 6.80. The van der Waals surface area contributed by atoms with E-state index < -0.39 is 6.04 Å². The first-order valence-electron chi connectivity index (χ1n) is 6.80. The molecule has 0 saturated carbocycles. The van der Waals surface area contributed by atoms with Gasteiger partial charge in [-0.15, -0.1) is 0 Å². The van der Waals surface area contributed by atoms with E-state index in [-0.39, 0.29) is 30.2 Å². The number of benzene rings is 1. The third kappa shape index (κ3) is 5.51. The van der Waals surface area contributed by atoms with Gasteiger partial charge >= 0.3 is 0 Å². The number of likely N-dealkylation sites (N-methyl/N-ethyl adjacent to an activating group) is 1. The Hall–Kier alpha value is -1.95. The van der Waals surface area contributed by atoms with E-state index in [1.54, 1.807) is 31.1 Å². The van der Waals surface area contributed by atoms with Crippen molar-refractivity contribution in [1.29, 1.82) is 0 Å². The van der Waals surface area contributed by atoms with Crippen molar-refractivity contribution in [2.24, 2.45) is 0 Å². The van der Waals surface area contributed by atoms with Crippen molar-refractivity contribution in [2.45, 2.75) is 25.9 Å². The van der Waals surface area contributed by atoms with Gasteiger partial charge in [-0.2, -0.15) is 0 Å². The maximum atomic E-state index is 13.0. The molecule has 1 aromatic rings. The van der Waals surface area contributed by atoms with Gasteiger partial charge in [0.25, 0.3) is 0 Å². The van der Waals surface area contributed by atoms with Gasteiger partial charge in [0.1, 0.15) is 11.9 Å². The average Bonchev–Trinajstić information content (AvgIpc) is 2.38. The van der Waals surface area contributed by atoms with E-state index in [2.05, 4.69) is 10.6 Å². The average molecular weight is 295 g/mol. The van der Waals surface area contributed by atoms with Gasteiger partial charge in [0.2, 0.25) is 11.8 Å². The van der Waals surface area contributed by atoms with Crippen LogP contribution in [0.3, 0.4) is 0 Å². The number of nitrogens with zero attached hydrogens (tertiary/aromatic N) is 1. The van der Waals surface area contributed by atoms with Gasteiger partial charge in [0, 0.05) is 6.04 Å². The van der Waals surface area contributed by atoms with Gasteiger partial charge in [-0.25, -0.2) is 4.39 Å². The molecule has 0 unspecified atom stereocenters. The quantitative estimate of drug-likeness (QED) is 0.825. The maximum absolute atomic E-state index is 13.0. The van der Waals surface area contributed by atoms with Crippen molar-refractivity contribution in [3.63, 3.8) is 0 Å². The van der Waals surface area contributed by atoms with Crippen molar-refractivity contribution in [3.8, 4) is 0 Å². The Balaban J connectivity index is 2.70. The second kappa shape index (κ2) is 7.73. The highest BCUT2D eigenvalue weighted by atomic mass is 19.1. The summed E-state index contributed by atoms with van der Waals surface area (Å²) in [6.07, 6.45) is 0. The van der Waals surface area contributed by atoms with E-state index in [0.717, 1.165) is 0 Å². The molecule has 0 radical (unpaired) electrons. The van der Waals surface area contributed by atoms with Gasteiger partial charge in [0.05, 0.1) is 6.54 Å². The Morgan fingerprint density at radius 3 is 2.24 bits per heavy atom. The van der Waals surface area contributed by atoms with Crippen molar-refractivity contribution >= 4 is 11.8 Å². The molecule has 0 aliphatic carbocycles. The van der Waals surface area contributed by atoms with Crippen molar-refractivity contribution in [3.05, 3.63) is 35.6 Å². The van der Waals surface area contributed by atoms with Crippen LogP contribution < -0.4 is 10.6 Å². The summed E-state index contributed by atoms with van der Waals surface area (Å²) in [6, 6.07) is 5.20. The molecule has 0 aromatic heterocycles. The van der Waals surface area contributed by atoms with Crippen molar-refractivity contribution in [2.75, 3.05) is 20.6 Å². The summed E-state index contributed by atoms with van der Waals surface area (Å²) in [6.45, 7) is 3.62. The van der Waals surface area contributed by atoms with Gasteiger partial charge < -0.3 is 10.6 Å². The molecule has 1 aromatic carbocycles. The molecular formula is C15H22FN3O2. The molecule has 0 aliphatic heterocycles. The lowest BCUT2D eigenvalue weighted by Crippen LogP contribution is -2.43. The van der Waals surface area contributed by atoms with Crippen molar-refractivity contribution < 1.29 is 14.0 Å². The van der Waals surface area contributed by atoms with Gasteiger partial charge in [-0.3, -0.25) is 14.5 Å². The highest BCUT2D eigenvalue weighted by molar-refractivity contribution is 5.88. The number of hydrogen-bond donors (Lipinski definition) is 2. The van der Waals surface area contributed by atoms with Crippen LogP contribution >= 0.6 is 0 Å². The molecule has 21 heavy (non-hydrogen) atoms. The lowest BCUT2D eigenvalue weighted by molar-refractivity contribution is -0.129. The molecule has 6 heteroatoms. The molecule has 0 fully saturated rings. The predicted molar refractivity (Wildman–Crippen MR) is 79.1 cm³/mol. The van der Waals surface area contributed by atoms with Gasteiger partial charge in [-0.05, 0) is 45.6 Å². The second-order valence-corrected chi connectivity index (χ2v) is 5.36. The Kier molecular flexibility index (Phi) is 6.30. The summed E-state index contributed by atoms with van der Waals surface area (Å²) in [4.78, 5) is 25.5. The van der Waals surface area contributed by atoms with E-state index in [1.807, 2.05) is 13.8 Å². The summed E-state index contributed by atoms with van der Waals surface area (Å²) in [7, 11) is 3.50. The van der Waals surface area contributed by atoms with Crippen molar-refractivity contribution in [1.82, 2.24) is 15.5 Å². The fourth-order valence-electron chi connectivity index (χ4n) is 1.97. The Bertz CT molecular complexity index is 486.